The second-order valence-corrected chi connectivity index (χ2v) is 6.90. The van der Waals surface area contributed by atoms with Gasteiger partial charge in [-0.3, -0.25) is 14.3 Å². The number of nitrogens with one attached hydrogen (secondary N) is 2. The van der Waals surface area contributed by atoms with Gasteiger partial charge in [-0.05, 0) is 32.0 Å². The van der Waals surface area contributed by atoms with Gasteiger partial charge in [0.15, 0.2) is 17.1 Å². The molecule has 0 saturated heterocycles. The molecule has 0 radical (unpaired) electrons. The SMILES string of the molecule is COc1cc(C(=O)NC(C)C(=O)Nc2cnc3c(c2)c(C)nn3C)cc(OC)c1OC. The molecule has 1 unspecified atom stereocenters. The minimum atomic E-state index is -0.808. The Morgan fingerprint density at radius 1 is 1.06 bits per heavy atom. The van der Waals surface area contributed by atoms with Crippen LogP contribution in [0.15, 0.2) is 24.4 Å². The molecule has 0 aliphatic rings. The van der Waals surface area contributed by atoms with Gasteiger partial charge in [-0.25, -0.2) is 4.98 Å². The summed E-state index contributed by atoms with van der Waals surface area (Å²) in [6.07, 6.45) is 1.55. The number of nitrogens with zero attached hydrogens (tertiary/aromatic N) is 3. The topological polar surface area (TPSA) is 117 Å². The lowest BCUT2D eigenvalue weighted by atomic mass is 10.1. The van der Waals surface area contributed by atoms with E-state index in [1.54, 1.807) is 30.9 Å². The van der Waals surface area contributed by atoms with Crippen LogP contribution >= 0.6 is 0 Å². The molecule has 2 N–H and O–H groups in total. The zero-order chi connectivity index (χ0) is 22.7. The summed E-state index contributed by atoms with van der Waals surface area (Å²) in [5.74, 6) is 0.216. The van der Waals surface area contributed by atoms with Crippen LogP contribution in [0.5, 0.6) is 17.2 Å². The lowest BCUT2D eigenvalue weighted by Gasteiger charge is -2.16. The maximum Gasteiger partial charge on any atom is 0.252 e. The molecule has 0 fully saturated rings. The number of hydrogen-bond acceptors (Lipinski definition) is 7. The Morgan fingerprint density at radius 3 is 2.29 bits per heavy atom. The van der Waals surface area contributed by atoms with Crippen LogP contribution in [0.3, 0.4) is 0 Å². The van der Waals surface area contributed by atoms with Crippen molar-refractivity contribution >= 4 is 28.5 Å². The largest absolute Gasteiger partial charge is 0.493 e. The average molecular weight is 427 g/mol. The van der Waals surface area contributed by atoms with E-state index in [1.807, 2.05) is 6.92 Å². The number of rotatable bonds is 7. The predicted octanol–water partition coefficient (Wildman–Crippen LogP) is 2.06. The molecule has 1 aromatic carbocycles. The predicted molar refractivity (Wildman–Crippen MR) is 115 cm³/mol. The van der Waals surface area contributed by atoms with Crippen LogP contribution in [0.25, 0.3) is 11.0 Å². The van der Waals surface area contributed by atoms with E-state index < -0.39 is 11.9 Å². The third kappa shape index (κ3) is 4.37. The number of pyridine rings is 1. The maximum atomic E-state index is 12.7. The number of carbonyl (C=O) groups is 2. The van der Waals surface area contributed by atoms with Crippen LogP contribution in [-0.2, 0) is 11.8 Å². The highest BCUT2D eigenvalue weighted by Crippen LogP contribution is 2.38. The van der Waals surface area contributed by atoms with Crippen molar-refractivity contribution in [3.05, 3.63) is 35.7 Å². The van der Waals surface area contributed by atoms with Gasteiger partial charge in [0.05, 0.1) is 38.9 Å². The van der Waals surface area contributed by atoms with Crippen molar-refractivity contribution in [2.45, 2.75) is 19.9 Å². The summed E-state index contributed by atoms with van der Waals surface area (Å²) < 4.78 is 17.5. The van der Waals surface area contributed by atoms with Crippen molar-refractivity contribution < 1.29 is 23.8 Å². The maximum absolute atomic E-state index is 12.7. The molecule has 0 spiro atoms. The number of aryl methyl sites for hydroxylation is 2. The first-order valence-electron chi connectivity index (χ1n) is 9.50. The van der Waals surface area contributed by atoms with Crippen molar-refractivity contribution in [1.29, 1.82) is 0 Å². The Morgan fingerprint density at radius 2 is 1.71 bits per heavy atom. The molecule has 0 bridgehead atoms. The van der Waals surface area contributed by atoms with Crippen molar-refractivity contribution in [3.8, 4) is 17.2 Å². The van der Waals surface area contributed by atoms with Gasteiger partial charge in [-0.2, -0.15) is 5.10 Å². The molecule has 2 heterocycles. The van der Waals surface area contributed by atoms with E-state index >= 15 is 0 Å². The van der Waals surface area contributed by atoms with E-state index in [4.69, 9.17) is 14.2 Å². The first kappa shape index (κ1) is 21.9. The summed E-state index contributed by atoms with van der Waals surface area (Å²) in [5, 5.41) is 10.6. The van der Waals surface area contributed by atoms with E-state index in [0.717, 1.165) is 16.7 Å². The number of aromatic nitrogens is 3. The molecule has 0 aliphatic heterocycles. The van der Waals surface area contributed by atoms with E-state index in [2.05, 4.69) is 20.7 Å². The second-order valence-electron chi connectivity index (χ2n) is 6.90. The van der Waals surface area contributed by atoms with E-state index in [9.17, 15) is 9.59 Å². The smallest absolute Gasteiger partial charge is 0.252 e. The summed E-state index contributed by atoms with van der Waals surface area (Å²) in [5.41, 5.74) is 2.31. The Hall–Kier alpha value is -3.82. The fourth-order valence-electron chi connectivity index (χ4n) is 3.18. The summed E-state index contributed by atoms with van der Waals surface area (Å²) in [7, 11) is 6.21. The molecule has 31 heavy (non-hydrogen) atoms. The van der Waals surface area contributed by atoms with Gasteiger partial charge >= 0.3 is 0 Å². The lowest BCUT2D eigenvalue weighted by molar-refractivity contribution is -0.117. The molecule has 10 nitrogen and oxygen atoms in total. The standard InChI is InChI=1S/C21H25N5O5/c1-11-15-9-14(10-22-19(15)26(3)25-11)24-20(27)12(2)23-21(28)13-7-16(29-4)18(31-6)17(8-13)30-5/h7-10,12H,1-6H3,(H,23,28)(H,24,27). The van der Waals surface area contributed by atoms with E-state index in [0.29, 0.717) is 22.9 Å². The molecule has 10 heteroatoms. The minimum absolute atomic E-state index is 0.267. The van der Waals surface area contributed by atoms with Crippen molar-refractivity contribution in [2.24, 2.45) is 7.05 Å². The molecule has 2 aromatic heterocycles. The number of benzene rings is 1. The zero-order valence-electron chi connectivity index (χ0n) is 18.3. The molecule has 3 rings (SSSR count). The number of fused-ring (bicyclic) bond motifs is 1. The fraction of sp³-hybridized carbons (Fsp3) is 0.333. The van der Waals surface area contributed by atoms with E-state index in [1.165, 1.54) is 33.5 Å². The average Bonchev–Trinajstić information content (AvgIpc) is 3.05. The third-order valence-corrected chi connectivity index (χ3v) is 4.80. The highest BCUT2D eigenvalue weighted by atomic mass is 16.5. The van der Waals surface area contributed by atoms with Crippen LogP contribution in [0, 0.1) is 6.92 Å². The van der Waals surface area contributed by atoms with Crippen LogP contribution in [0.2, 0.25) is 0 Å². The quantitative estimate of drug-likeness (QED) is 0.593. The third-order valence-electron chi connectivity index (χ3n) is 4.80. The summed E-state index contributed by atoms with van der Waals surface area (Å²) in [4.78, 5) is 29.6. The van der Waals surface area contributed by atoms with Gasteiger partial charge in [0.25, 0.3) is 5.91 Å². The highest BCUT2D eigenvalue weighted by Gasteiger charge is 2.21. The highest BCUT2D eigenvalue weighted by molar-refractivity contribution is 6.02. The number of anilines is 1. The molecule has 3 aromatic rings. The summed E-state index contributed by atoms with van der Waals surface area (Å²) in [6.45, 7) is 3.46. The number of amides is 2. The number of ether oxygens (including phenoxy) is 3. The van der Waals surface area contributed by atoms with Crippen LogP contribution < -0.4 is 24.8 Å². The first-order chi connectivity index (χ1) is 14.8. The Labute approximate surface area is 179 Å². The normalized spacial score (nSPS) is 11.7. The van der Waals surface area contributed by atoms with Crippen molar-refractivity contribution in [3.63, 3.8) is 0 Å². The summed E-state index contributed by atoms with van der Waals surface area (Å²) >= 11 is 0. The molecule has 2 amide bonds. The van der Waals surface area contributed by atoms with Gasteiger partial charge < -0.3 is 24.8 Å². The van der Waals surface area contributed by atoms with Crippen molar-refractivity contribution in [2.75, 3.05) is 26.6 Å². The fourth-order valence-corrected chi connectivity index (χ4v) is 3.18. The van der Waals surface area contributed by atoms with Gasteiger partial charge in [-0.1, -0.05) is 0 Å². The number of methoxy groups -OCH3 is 3. The lowest BCUT2D eigenvalue weighted by Crippen LogP contribution is -2.41. The van der Waals surface area contributed by atoms with Gasteiger partial charge in [-0.15, -0.1) is 0 Å². The number of hydrogen-bond donors (Lipinski definition) is 2. The van der Waals surface area contributed by atoms with Gasteiger partial charge in [0.2, 0.25) is 11.7 Å². The summed E-state index contributed by atoms with van der Waals surface area (Å²) in [6, 6.07) is 4.03. The van der Waals surface area contributed by atoms with E-state index in [-0.39, 0.29) is 11.5 Å². The first-order valence-corrected chi connectivity index (χ1v) is 9.50. The van der Waals surface area contributed by atoms with Crippen molar-refractivity contribution in [1.82, 2.24) is 20.1 Å². The van der Waals surface area contributed by atoms with Crippen LogP contribution in [0.1, 0.15) is 23.0 Å². The molecule has 1 atom stereocenters. The molecule has 164 valence electrons. The zero-order valence-corrected chi connectivity index (χ0v) is 18.3. The Bertz CT molecular complexity index is 1120. The molecule has 0 aliphatic carbocycles. The Kier molecular flexibility index (Phi) is 6.28. The monoisotopic (exact) mass is 427 g/mol. The van der Waals surface area contributed by atoms with Crippen LogP contribution in [-0.4, -0.2) is 54.0 Å². The molecular weight excluding hydrogens is 402 g/mol. The van der Waals surface area contributed by atoms with Gasteiger partial charge in [0, 0.05) is 18.0 Å². The second kappa shape index (κ2) is 8.90. The Balaban J connectivity index is 1.73. The molecule has 0 saturated carbocycles. The number of carbonyl (C=O) groups excluding carboxylic acids is 2. The van der Waals surface area contributed by atoms with Gasteiger partial charge in [0.1, 0.15) is 6.04 Å². The minimum Gasteiger partial charge on any atom is -0.493 e. The molecular formula is C21H25N5O5. The van der Waals surface area contributed by atoms with Crippen LogP contribution in [0.4, 0.5) is 5.69 Å².